The molecule has 0 aliphatic rings. The molecule has 2 rings (SSSR count). The third-order valence-electron chi connectivity index (χ3n) is 2.55. The van der Waals surface area contributed by atoms with Crippen LogP contribution in [0.15, 0.2) is 48.7 Å². The van der Waals surface area contributed by atoms with Crippen molar-refractivity contribution >= 4 is 11.5 Å². The van der Waals surface area contributed by atoms with Gasteiger partial charge in [-0.25, -0.2) is 4.98 Å². The van der Waals surface area contributed by atoms with Gasteiger partial charge >= 0.3 is 0 Å². The maximum Gasteiger partial charge on any atom is 0.146 e. The Hall–Kier alpha value is -2.07. The van der Waals surface area contributed by atoms with Crippen molar-refractivity contribution in [3.8, 4) is 0 Å². The van der Waals surface area contributed by atoms with Crippen molar-refractivity contribution < 1.29 is 5.11 Å². The lowest BCUT2D eigenvalue weighted by Gasteiger charge is -2.18. The zero-order valence-electron chi connectivity index (χ0n) is 9.38. The number of benzene rings is 1. The largest absolute Gasteiger partial charge is 0.394 e. The number of pyridine rings is 1. The minimum absolute atomic E-state index is 0.00164. The number of nitrogens with one attached hydrogen (secondary N) is 1. The van der Waals surface area contributed by atoms with E-state index in [1.807, 2.05) is 36.4 Å². The lowest BCUT2D eigenvalue weighted by atomic mass is 10.1. The smallest absolute Gasteiger partial charge is 0.146 e. The molecule has 0 amide bonds. The monoisotopic (exact) mass is 229 g/mol. The van der Waals surface area contributed by atoms with Crippen molar-refractivity contribution in [2.24, 2.45) is 0 Å². The highest BCUT2D eigenvalue weighted by molar-refractivity contribution is 5.61. The first-order valence-corrected chi connectivity index (χ1v) is 5.44. The number of aliphatic hydroxyl groups is 1. The molecule has 17 heavy (non-hydrogen) atoms. The Labute approximate surface area is 100 Å². The van der Waals surface area contributed by atoms with Crippen LogP contribution in [0.25, 0.3) is 0 Å². The molecule has 88 valence electrons. The Bertz CT molecular complexity index is 473. The highest BCUT2D eigenvalue weighted by Gasteiger charge is 2.10. The van der Waals surface area contributed by atoms with E-state index in [0.717, 1.165) is 11.3 Å². The van der Waals surface area contributed by atoms with Gasteiger partial charge in [-0.15, -0.1) is 0 Å². The first-order chi connectivity index (χ1) is 8.31. The maximum absolute atomic E-state index is 9.41. The number of nitrogens with two attached hydrogens (primary N) is 1. The van der Waals surface area contributed by atoms with Gasteiger partial charge in [-0.05, 0) is 17.7 Å². The van der Waals surface area contributed by atoms with Gasteiger partial charge in [0.2, 0.25) is 0 Å². The molecule has 1 atom stereocenters. The van der Waals surface area contributed by atoms with Crippen molar-refractivity contribution in [1.29, 1.82) is 0 Å². The van der Waals surface area contributed by atoms with Crippen LogP contribution in [0.4, 0.5) is 11.5 Å². The second-order valence-corrected chi connectivity index (χ2v) is 3.73. The number of rotatable bonds is 4. The van der Waals surface area contributed by atoms with E-state index in [0.29, 0.717) is 5.82 Å². The fraction of sp³-hybridized carbons (Fsp3) is 0.154. The Kier molecular flexibility index (Phi) is 3.57. The lowest BCUT2D eigenvalue weighted by molar-refractivity contribution is 0.276. The Balaban J connectivity index is 2.19. The van der Waals surface area contributed by atoms with Crippen molar-refractivity contribution in [1.82, 2.24) is 4.98 Å². The summed E-state index contributed by atoms with van der Waals surface area (Å²) in [6.45, 7) is -0.00164. The van der Waals surface area contributed by atoms with Crippen LogP contribution in [0.3, 0.4) is 0 Å². The molecule has 0 aliphatic heterocycles. The fourth-order valence-electron chi connectivity index (χ4n) is 1.65. The lowest BCUT2D eigenvalue weighted by Crippen LogP contribution is -2.15. The van der Waals surface area contributed by atoms with E-state index in [9.17, 15) is 5.11 Å². The summed E-state index contributed by atoms with van der Waals surface area (Å²) in [4.78, 5) is 3.99. The van der Waals surface area contributed by atoms with Gasteiger partial charge in [-0.3, -0.25) is 0 Å². The van der Waals surface area contributed by atoms with Crippen LogP contribution in [0, 0.1) is 0 Å². The molecule has 1 aromatic heterocycles. The zero-order chi connectivity index (χ0) is 12.1. The van der Waals surface area contributed by atoms with E-state index < -0.39 is 0 Å². The van der Waals surface area contributed by atoms with Gasteiger partial charge in [0.1, 0.15) is 5.82 Å². The number of aromatic nitrogens is 1. The summed E-state index contributed by atoms with van der Waals surface area (Å²) in [6, 6.07) is 13.2. The normalized spacial score (nSPS) is 12.1. The number of anilines is 2. The molecule has 4 nitrogen and oxygen atoms in total. The third-order valence-corrected chi connectivity index (χ3v) is 2.55. The fourth-order valence-corrected chi connectivity index (χ4v) is 1.65. The quantitative estimate of drug-likeness (QED) is 0.747. The molecule has 4 heteroatoms. The molecule has 2 aromatic rings. The molecule has 4 N–H and O–H groups in total. The average Bonchev–Trinajstić information content (AvgIpc) is 2.39. The second-order valence-electron chi connectivity index (χ2n) is 3.73. The Morgan fingerprint density at radius 3 is 2.59 bits per heavy atom. The highest BCUT2D eigenvalue weighted by atomic mass is 16.3. The van der Waals surface area contributed by atoms with Crippen molar-refractivity contribution in [3.63, 3.8) is 0 Å². The molecule has 1 heterocycles. The summed E-state index contributed by atoms with van der Waals surface area (Å²) in [5.41, 5.74) is 7.49. The molecule has 0 saturated carbocycles. The van der Waals surface area contributed by atoms with Crippen molar-refractivity contribution in [3.05, 3.63) is 54.2 Å². The molecule has 0 radical (unpaired) electrons. The summed E-state index contributed by atoms with van der Waals surface area (Å²) in [5.74, 6) is 0.432. The van der Waals surface area contributed by atoms with Gasteiger partial charge in [-0.2, -0.15) is 0 Å². The number of nitrogens with zero attached hydrogens (tertiary/aromatic N) is 1. The van der Waals surface area contributed by atoms with E-state index in [1.165, 1.54) is 0 Å². The van der Waals surface area contributed by atoms with Crippen LogP contribution in [0.5, 0.6) is 0 Å². The van der Waals surface area contributed by atoms with E-state index in [1.54, 1.807) is 12.3 Å². The molecule has 0 saturated heterocycles. The van der Waals surface area contributed by atoms with E-state index in [4.69, 9.17) is 5.73 Å². The van der Waals surface area contributed by atoms with Gasteiger partial charge in [-0.1, -0.05) is 30.3 Å². The van der Waals surface area contributed by atoms with Crippen LogP contribution in [-0.2, 0) is 0 Å². The average molecular weight is 229 g/mol. The van der Waals surface area contributed by atoms with Gasteiger partial charge in [0.05, 0.1) is 18.3 Å². The molecule has 1 aromatic carbocycles. The van der Waals surface area contributed by atoms with Crippen LogP contribution < -0.4 is 11.1 Å². The van der Waals surface area contributed by atoms with Gasteiger partial charge in [0.25, 0.3) is 0 Å². The summed E-state index contributed by atoms with van der Waals surface area (Å²) in [6.07, 6.45) is 1.64. The SMILES string of the molecule is Nc1ncccc1NC(CO)c1ccccc1. The van der Waals surface area contributed by atoms with Crippen LogP contribution in [0.2, 0.25) is 0 Å². The molecule has 0 fully saturated rings. The van der Waals surface area contributed by atoms with Crippen molar-refractivity contribution in [2.45, 2.75) is 6.04 Å². The summed E-state index contributed by atoms with van der Waals surface area (Å²) in [5, 5.41) is 12.6. The zero-order valence-corrected chi connectivity index (χ0v) is 9.38. The van der Waals surface area contributed by atoms with Gasteiger partial charge in [0, 0.05) is 6.20 Å². The maximum atomic E-state index is 9.41. The van der Waals surface area contributed by atoms with E-state index in [-0.39, 0.29) is 12.6 Å². The topological polar surface area (TPSA) is 71.2 Å². The Morgan fingerprint density at radius 2 is 1.94 bits per heavy atom. The van der Waals surface area contributed by atoms with Crippen LogP contribution in [0.1, 0.15) is 11.6 Å². The first kappa shape index (κ1) is 11.4. The molecule has 0 bridgehead atoms. The second kappa shape index (κ2) is 5.32. The number of hydrogen-bond donors (Lipinski definition) is 3. The predicted octanol–water partition coefficient (Wildman–Crippen LogP) is 1.81. The predicted molar refractivity (Wildman–Crippen MR) is 68.5 cm³/mol. The Morgan fingerprint density at radius 1 is 1.18 bits per heavy atom. The molecular weight excluding hydrogens is 214 g/mol. The molecule has 0 spiro atoms. The summed E-state index contributed by atoms with van der Waals surface area (Å²) >= 11 is 0. The van der Waals surface area contributed by atoms with Crippen molar-refractivity contribution in [2.75, 3.05) is 17.7 Å². The highest BCUT2D eigenvalue weighted by Crippen LogP contribution is 2.22. The first-order valence-electron chi connectivity index (χ1n) is 5.44. The molecular formula is C13H15N3O. The minimum atomic E-state index is -0.178. The number of hydrogen-bond acceptors (Lipinski definition) is 4. The van der Waals surface area contributed by atoms with Crippen LogP contribution in [-0.4, -0.2) is 16.7 Å². The van der Waals surface area contributed by atoms with Crippen LogP contribution >= 0.6 is 0 Å². The summed E-state index contributed by atoms with van der Waals surface area (Å²) in [7, 11) is 0. The number of nitrogen functional groups attached to an aromatic ring is 1. The summed E-state index contributed by atoms with van der Waals surface area (Å²) < 4.78 is 0. The number of aliphatic hydroxyl groups excluding tert-OH is 1. The van der Waals surface area contributed by atoms with Gasteiger partial charge in [0.15, 0.2) is 0 Å². The van der Waals surface area contributed by atoms with E-state index in [2.05, 4.69) is 10.3 Å². The third kappa shape index (κ3) is 2.73. The standard InChI is InChI=1S/C13H15N3O/c14-13-11(7-4-8-15-13)16-12(9-17)10-5-2-1-3-6-10/h1-8,12,16-17H,9H2,(H2,14,15). The van der Waals surface area contributed by atoms with E-state index >= 15 is 0 Å². The molecule has 0 aliphatic carbocycles. The molecule has 1 unspecified atom stereocenters. The van der Waals surface area contributed by atoms with Gasteiger partial charge < -0.3 is 16.2 Å². The minimum Gasteiger partial charge on any atom is -0.394 e.